The number of benzene rings is 1. The quantitative estimate of drug-likeness (QED) is 0.404. The molecule has 1 aliphatic rings. The Bertz CT molecular complexity index is 1410. The Kier molecular flexibility index (Phi) is 5.70. The minimum Gasteiger partial charge on any atom is -0.379 e. The van der Waals surface area contributed by atoms with Crippen molar-refractivity contribution in [1.82, 2.24) is 24.6 Å². The number of alkyl halides is 1. The van der Waals surface area contributed by atoms with E-state index in [4.69, 9.17) is 21.1 Å². The fourth-order valence-corrected chi connectivity index (χ4v) is 4.37. The van der Waals surface area contributed by atoms with E-state index >= 15 is 4.39 Å². The molecule has 4 aromatic rings. The SMILES string of the molecule is CO[C@H](C)[C@@H](OC)c1c(F)c(Cl)c(-c2cn3cc(NC(=O)C4CC4F)nc3cn2)c2cn[nH]c12. The van der Waals surface area contributed by atoms with Gasteiger partial charge in [-0.2, -0.15) is 5.10 Å². The molecule has 0 spiro atoms. The van der Waals surface area contributed by atoms with Crippen LogP contribution in [-0.2, 0) is 14.3 Å². The molecule has 1 fully saturated rings. The molecule has 0 radical (unpaired) electrons. The van der Waals surface area contributed by atoms with E-state index in [1.54, 1.807) is 23.7 Å². The Balaban J connectivity index is 1.58. The number of rotatable bonds is 7. The Hall–Kier alpha value is -3.15. The van der Waals surface area contributed by atoms with Gasteiger partial charge in [0.2, 0.25) is 5.91 Å². The van der Waals surface area contributed by atoms with Crippen molar-refractivity contribution >= 4 is 39.9 Å². The molecule has 1 saturated carbocycles. The van der Waals surface area contributed by atoms with Gasteiger partial charge in [0.05, 0.1) is 46.8 Å². The Morgan fingerprint density at radius 3 is 2.76 bits per heavy atom. The van der Waals surface area contributed by atoms with Crippen molar-refractivity contribution < 1.29 is 23.0 Å². The smallest absolute Gasteiger partial charge is 0.231 e. The van der Waals surface area contributed by atoms with Crippen LogP contribution >= 0.6 is 11.6 Å². The molecule has 5 rings (SSSR count). The third kappa shape index (κ3) is 3.69. The molecule has 9 nitrogen and oxygen atoms in total. The van der Waals surface area contributed by atoms with Crippen LogP contribution in [0.2, 0.25) is 5.02 Å². The first-order valence-corrected chi connectivity index (χ1v) is 10.9. The van der Waals surface area contributed by atoms with Crippen molar-refractivity contribution in [3.63, 3.8) is 0 Å². The van der Waals surface area contributed by atoms with Crippen molar-refractivity contribution in [2.45, 2.75) is 31.7 Å². The van der Waals surface area contributed by atoms with Gasteiger partial charge in [-0.05, 0) is 13.3 Å². The van der Waals surface area contributed by atoms with Crippen LogP contribution in [0.1, 0.15) is 25.0 Å². The van der Waals surface area contributed by atoms with Gasteiger partial charge in [-0.1, -0.05) is 11.6 Å². The van der Waals surface area contributed by atoms with E-state index in [0.29, 0.717) is 27.8 Å². The molecular formula is C22H21ClF2N6O3. The van der Waals surface area contributed by atoms with Crippen LogP contribution in [0.15, 0.2) is 24.8 Å². The lowest BCUT2D eigenvalue weighted by atomic mass is 9.97. The fraction of sp³-hybridized carbons (Fsp3) is 0.364. The maximum atomic E-state index is 15.6. The second-order valence-electron chi connectivity index (χ2n) is 8.18. The standard InChI is InChI=1S/C22H21ClF2N6O3/c1-9(33-2)21(34-3)17-19(25)18(23)16(11-5-27-30-20(11)17)13-7-31-8-14(28-15(31)6-26-13)29-22(32)10-4-12(10)24/h5-10,12,21H,4H2,1-3H3,(H,27,30)(H,29,32)/t9-,10?,12?,21-/m1/s1. The van der Waals surface area contributed by atoms with Crippen LogP contribution in [0.4, 0.5) is 14.6 Å². The van der Waals surface area contributed by atoms with Gasteiger partial charge in [-0.15, -0.1) is 0 Å². The van der Waals surface area contributed by atoms with E-state index in [1.807, 2.05) is 0 Å². The van der Waals surface area contributed by atoms with Gasteiger partial charge in [0, 0.05) is 36.9 Å². The predicted molar refractivity (Wildman–Crippen MR) is 121 cm³/mol. The van der Waals surface area contributed by atoms with Gasteiger partial charge in [-0.3, -0.25) is 14.9 Å². The molecule has 2 N–H and O–H groups in total. The Morgan fingerprint density at radius 1 is 1.32 bits per heavy atom. The molecule has 0 bridgehead atoms. The first kappa shape index (κ1) is 22.6. The summed E-state index contributed by atoms with van der Waals surface area (Å²) in [4.78, 5) is 20.7. The van der Waals surface area contributed by atoms with E-state index in [9.17, 15) is 9.18 Å². The minimum atomic E-state index is -1.10. The third-order valence-corrected chi connectivity index (χ3v) is 6.42. The first-order valence-electron chi connectivity index (χ1n) is 10.5. The number of fused-ring (bicyclic) bond motifs is 2. The number of imidazole rings is 1. The van der Waals surface area contributed by atoms with E-state index in [0.717, 1.165) is 0 Å². The van der Waals surface area contributed by atoms with E-state index in [1.165, 1.54) is 26.6 Å². The molecule has 12 heteroatoms. The van der Waals surface area contributed by atoms with Crippen LogP contribution in [0.3, 0.4) is 0 Å². The highest BCUT2D eigenvalue weighted by molar-refractivity contribution is 6.35. The molecule has 4 atom stereocenters. The number of anilines is 1. The van der Waals surface area contributed by atoms with Crippen molar-refractivity contribution in [2.75, 3.05) is 19.5 Å². The summed E-state index contributed by atoms with van der Waals surface area (Å²) < 4.78 is 41.3. The van der Waals surface area contributed by atoms with Gasteiger partial charge in [0.1, 0.15) is 12.3 Å². The van der Waals surface area contributed by atoms with Crippen LogP contribution < -0.4 is 5.32 Å². The molecule has 2 unspecified atom stereocenters. The highest BCUT2D eigenvalue weighted by atomic mass is 35.5. The lowest BCUT2D eigenvalue weighted by Gasteiger charge is -2.24. The number of amides is 1. The largest absolute Gasteiger partial charge is 0.379 e. The number of hydrogen-bond donors (Lipinski definition) is 2. The average molecular weight is 491 g/mol. The van der Waals surface area contributed by atoms with E-state index in [2.05, 4.69) is 25.5 Å². The summed E-state index contributed by atoms with van der Waals surface area (Å²) in [6.07, 6.45) is 4.13. The van der Waals surface area contributed by atoms with Crippen molar-refractivity contribution in [2.24, 2.45) is 5.92 Å². The predicted octanol–water partition coefficient (Wildman–Crippen LogP) is 4.08. The zero-order chi connectivity index (χ0) is 24.1. The first-order chi connectivity index (χ1) is 16.3. The van der Waals surface area contributed by atoms with E-state index in [-0.39, 0.29) is 22.8 Å². The van der Waals surface area contributed by atoms with Gasteiger partial charge in [0.25, 0.3) is 0 Å². The monoisotopic (exact) mass is 490 g/mol. The van der Waals surface area contributed by atoms with Crippen LogP contribution in [0, 0.1) is 11.7 Å². The summed E-state index contributed by atoms with van der Waals surface area (Å²) >= 11 is 6.53. The molecule has 0 aliphatic heterocycles. The second-order valence-corrected chi connectivity index (χ2v) is 8.56. The molecule has 3 aromatic heterocycles. The highest BCUT2D eigenvalue weighted by Crippen LogP contribution is 2.42. The number of ether oxygens (including phenoxy) is 2. The molecule has 3 heterocycles. The zero-order valence-electron chi connectivity index (χ0n) is 18.5. The average Bonchev–Trinajstić information content (AvgIpc) is 3.19. The second kappa shape index (κ2) is 8.57. The number of nitrogens with zero attached hydrogens (tertiary/aromatic N) is 4. The summed E-state index contributed by atoms with van der Waals surface area (Å²) in [5.74, 6) is -1.46. The van der Waals surface area contributed by atoms with Gasteiger partial charge in [-0.25, -0.2) is 13.8 Å². The zero-order valence-corrected chi connectivity index (χ0v) is 19.2. The number of carbonyl (C=O) groups excluding carboxylic acids is 1. The Labute approximate surface area is 197 Å². The van der Waals surface area contributed by atoms with Gasteiger partial charge >= 0.3 is 0 Å². The molecule has 1 amide bonds. The summed E-state index contributed by atoms with van der Waals surface area (Å²) in [6.45, 7) is 1.76. The van der Waals surface area contributed by atoms with Crippen LogP contribution in [-0.4, -0.2) is 57.0 Å². The number of hydrogen-bond acceptors (Lipinski definition) is 6. The maximum Gasteiger partial charge on any atom is 0.231 e. The van der Waals surface area contributed by atoms with Crippen molar-refractivity contribution in [1.29, 1.82) is 0 Å². The van der Waals surface area contributed by atoms with Crippen LogP contribution in [0.25, 0.3) is 27.8 Å². The third-order valence-electron chi connectivity index (χ3n) is 6.06. The molecule has 34 heavy (non-hydrogen) atoms. The molecular weight excluding hydrogens is 470 g/mol. The van der Waals surface area contributed by atoms with Gasteiger partial charge in [0.15, 0.2) is 17.3 Å². The van der Waals surface area contributed by atoms with Crippen LogP contribution in [0.5, 0.6) is 0 Å². The summed E-state index contributed by atoms with van der Waals surface area (Å²) in [5.41, 5.74) is 1.77. The molecule has 1 aromatic carbocycles. The number of carbonyl (C=O) groups is 1. The highest BCUT2D eigenvalue weighted by Gasteiger charge is 2.43. The number of nitrogens with one attached hydrogen (secondary N) is 2. The summed E-state index contributed by atoms with van der Waals surface area (Å²) in [5, 5.41) is 9.94. The normalized spacial score (nSPS) is 19.5. The maximum absolute atomic E-state index is 15.6. The van der Waals surface area contributed by atoms with E-state index < -0.39 is 36.0 Å². The number of H-pyrrole nitrogens is 1. The lowest BCUT2D eigenvalue weighted by Crippen LogP contribution is -2.21. The lowest BCUT2D eigenvalue weighted by molar-refractivity contribution is -0.117. The van der Waals surface area contributed by atoms with Gasteiger partial charge < -0.3 is 19.2 Å². The van der Waals surface area contributed by atoms with Crippen molar-refractivity contribution in [3.05, 3.63) is 41.2 Å². The number of aromatic nitrogens is 5. The molecule has 0 saturated heterocycles. The van der Waals surface area contributed by atoms with Crippen molar-refractivity contribution in [3.8, 4) is 11.3 Å². The number of halogens is 3. The number of methoxy groups -OCH3 is 2. The summed E-state index contributed by atoms with van der Waals surface area (Å²) in [7, 11) is 2.97. The Morgan fingerprint density at radius 2 is 2.09 bits per heavy atom. The molecule has 1 aliphatic carbocycles. The molecule has 178 valence electrons. The minimum absolute atomic E-state index is 0.141. The number of aromatic amines is 1. The fourth-order valence-electron chi connectivity index (χ4n) is 4.07. The summed E-state index contributed by atoms with van der Waals surface area (Å²) in [6, 6.07) is 0. The topological polar surface area (TPSA) is 106 Å².